The third-order valence-electron chi connectivity index (χ3n) is 3.89. The highest BCUT2D eigenvalue weighted by molar-refractivity contribution is 8.14. The number of aryl methyl sites for hydroxylation is 1. The Balaban J connectivity index is 1.84. The summed E-state index contributed by atoms with van der Waals surface area (Å²) >= 11 is 1.46. The molecule has 9 heteroatoms. The van der Waals surface area contributed by atoms with Crippen molar-refractivity contribution in [3.05, 3.63) is 53.6 Å². The standard InChI is InChI=1S/C18H19N3O4S2/c1-12-3-4-13(17(22)20-18-19-9-10-26-18)11-16(12)27(23,24)21-14-5-7-15(25-2)8-6-14/h3-8,11,21H,9-10H2,1-2H3,(H,19,20,22). The molecule has 1 heterocycles. The highest BCUT2D eigenvalue weighted by Crippen LogP contribution is 2.22. The number of hydrogen-bond donors (Lipinski definition) is 2. The third-order valence-corrected chi connectivity index (χ3v) is 6.30. The zero-order valence-corrected chi connectivity index (χ0v) is 16.5. The Morgan fingerprint density at radius 1 is 1.19 bits per heavy atom. The molecule has 27 heavy (non-hydrogen) atoms. The van der Waals surface area contributed by atoms with E-state index in [9.17, 15) is 13.2 Å². The summed E-state index contributed by atoms with van der Waals surface area (Å²) in [6.07, 6.45) is 0. The monoisotopic (exact) mass is 405 g/mol. The first-order valence-corrected chi connectivity index (χ1v) is 10.6. The molecule has 0 atom stereocenters. The van der Waals surface area contributed by atoms with E-state index >= 15 is 0 Å². The normalized spacial score (nSPS) is 13.8. The Labute approximate surface area is 162 Å². The summed E-state index contributed by atoms with van der Waals surface area (Å²) in [4.78, 5) is 16.6. The number of rotatable bonds is 5. The predicted molar refractivity (Wildman–Crippen MR) is 107 cm³/mol. The molecule has 2 aromatic carbocycles. The summed E-state index contributed by atoms with van der Waals surface area (Å²) in [6.45, 7) is 2.35. The second kappa shape index (κ2) is 8.01. The van der Waals surface area contributed by atoms with E-state index in [1.807, 2.05) is 0 Å². The zero-order chi connectivity index (χ0) is 19.4. The Bertz CT molecular complexity index is 986. The molecule has 0 aromatic heterocycles. The maximum absolute atomic E-state index is 12.8. The van der Waals surface area contributed by atoms with Crippen LogP contribution >= 0.6 is 11.8 Å². The molecule has 0 radical (unpaired) electrons. The van der Waals surface area contributed by atoms with Crippen molar-refractivity contribution in [2.75, 3.05) is 24.1 Å². The van der Waals surface area contributed by atoms with Gasteiger partial charge in [0, 0.05) is 17.0 Å². The number of amidine groups is 1. The number of benzene rings is 2. The number of nitrogens with zero attached hydrogens (tertiary/aromatic N) is 1. The van der Waals surface area contributed by atoms with E-state index in [1.54, 1.807) is 43.3 Å². The van der Waals surface area contributed by atoms with Gasteiger partial charge in [-0.15, -0.1) is 0 Å². The number of hydrogen-bond acceptors (Lipinski definition) is 6. The van der Waals surface area contributed by atoms with Gasteiger partial charge < -0.3 is 10.1 Å². The van der Waals surface area contributed by atoms with Gasteiger partial charge in [0.25, 0.3) is 15.9 Å². The summed E-state index contributed by atoms with van der Waals surface area (Å²) in [5.74, 6) is 1.07. The van der Waals surface area contributed by atoms with E-state index < -0.39 is 10.0 Å². The number of carbonyl (C=O) groups excluding carboxylic acids is 1. The summed E-state index contributed by atoms with van der Waals surface area (Å²) in [5, 5.41) is 3.26. The van der Waals surface area contributed by atoms with Crippen LogP contribution in [0.2, 0.25) is 0 Å². The molecular weight excluding hydrogens is 386 g/mol. The largest absolute Gasteiger partial charge is 0.497 e. The van der Waals surface area contributed by atoms with Gasteiger partial charge >= 0.3 is 0 Å². The maximum atomic E-state index is 12.8. The second-order valence-corrected chi connectivity index (χ2v) is 8.54. The lowest BCUT2D eigenvalue weighted by atomic mass is 10.1. The van der Waals surface area contributed by atoms with Gasteiger partial charge in [0.05, 0.1) is 18.6 Å². The summed E-state index contributed by atoms with van der Waals surface area (Å²) in [5.41, 5.74) is 1.20. The molecule has 7 nitrogen and oxygen atoms in total. The van der Waals surface area contributed by atoms with Crippen LogP contribution in [0.3, 0.4) is 0 Å². The Morgan fingerprint density at radius 2 is 1.93 bits per heavy atom. The van der Waals surface area contributed by atoms with Crippen molar-refractivity contribution in [3.8, 4) is 5.75 Å². The van der Waals surface area contributed by atoms with Crippen molar-refractivity contribution in [1.29, 1.82) is 0 Å². The highest BCUT2D eigenvalue weighted by Gasteiger charge is 2.20. The number of methoxy groups -OCH3 is 1. The SMILES string of the molecule is COc1ccc(NS(=O)(=O)c2cc(C(=O)NC3=NCCS3)ccc2C)cc1. The fourth-order valence-corrected chi connectivity index (χ4v) is 4.53. The first kappa shape index (κ1) is 19.2. The Kier molecular flexibility index (Phi) is 5.71. The quantitative estimate of drug-likeness (QED) is 0.797. The summed E-state index contributed by atoms with van der Waals surface area (Å²) in [7, 11) is -2.32. The molecule has 3 rings (SSSR count). The molecule has 142 valence electrons. The molecule has 0 unspecified atom stereocenters. The maximum Gasteiger partial charge on any atom is 0.262 e. The van der Waals surface area contributed by atoms with Crippen molar-refractivity contribution >= 4 is 38.5 Å². The molecule has 2 N–H and O–H groups in total. The van der Waals surface area contributed by atoms with Crippen molar-refractivity contribution in [1.82, 2.24) is 5.32 Å². The highest BCUT2D eigenvalue weighted by atomic mass is 32.2. The van der Waals surface area contributed by atoms with E-state index in [4.69, 9.17) is 4.74 Å². The van der Waals surface area contributed by atoms with Crippen LogP contribution in [0.15, 0.2) is 52.4 Å². The van der Waals surface area contributed by atoms with Gasteiger partial charge in [-0.2, -0.15) is 0 Å². The molecule has 1 aliphatic rings. The van der Waals surface area contributed by atoms with E-state index in [0.29, 0.717) is 28.7 Å². The van der Waals surface area contributed by atoms with E-state index in [1.165, 1.54) is 24.9 Å². The lowest BCUT2D eigenvalue weighted by molar-refractivity contribution is 0.0977. The average Bonchev–Trinajstić information content (AvgIpc) is 3.15. The molecule has 0 saturated heterocycles. The number of thioether (sulfide) groups is 1. The van der Waals surface area contributed by atoms with E-state index in [-0.39, 0.29) is 16.4 Å². The average molecular weight is 406 g/mol. The van der Waals surface area contributed by atoms with Crippen LogP contribution in [0, 0.1) is 6.92 Å². The van der Waals surface area contributed by atoms with Gasteiger partial charge in [0.15, 0.2) is 5.17 Å². The van der Waals surface area contributed by atoms with E-state index in [2.05, 4.69) is 15.0 Å². The topological polar surface area (TPSA) is 96.9 Å². The zero-order valence-electron chi connectivity index (χ0n) is 14.9. The van der Waals surface area contributed by atoms with E-state index in [0.717, 1.165) is 5.75 Å². The first-order chi connectivity index (χ1) is 12.9. The fourth-order valence-electron chi connectivity index (χ4n) is 2.48. The fraction of sp³-hybridized carbons (Fsp3) is 0.222. The first-order valence-electron chi connectivity index (χ1n) is 8.15. The molecular formula is C18H19N3O4S2. The van der Waals surface area contributed by atoms with Crippen molar-refractivity contribution in [2.24, 2.45) is 4.99 Å². The van der Waals surface area contributed by atoms with Gasteiger partial charge in [-0.25, -0.2) is 8.42 Å². The number of amides is 1. The molecule has 1 aliphatic heterocycles. The number of carbonyl (C=O) groups is 1. The number of nitrogens with one attached hydrogen (secondary N) is 2. The van der Waals surface area contributed by atoms with Crippen molar-refractivity contribution in [2.45, 2.75) is 11.8 Å². The van der Waals surface area contributed by atoms with Crippen LogP contribution in [-0.2, 0) is 10.0 Å². The van der Waals surface area contributed by atoms with Gasteiger partial charge in [0.1, 0.15) is 5.75 Å². The lowest BCUT2D eigenvalue weighted by Gasteiger charge is -2.12. The Hall–Kier alpha value is -2.52. The van der Waals surface area contributed by atoms with Crippen LogP contribution in [0.1, 0.15) is 15.9 Å². The van der Waals surface area contributed by atoms with Crippen molar-refractivity contribution < 1.29 is 17.9 Å². The molecule has 0 fully saturated rings. The van der Waals surface area contributed by atoms with Crippen LogP contribution in [-0.4, -0.2) is 38.9 Å². The Morgan fingerprint density at radius 3 is 2.56 bits per heavy atom. The molecule has 2 aromatic rings. The molecule has 0 saturated carbocycles. The number of ether oxygens (including phenoxy) is 1. The number of sulfonamides is 1. The predicted octanol–water partition coefficient (Wildman–Crippen LogP) is 2.64. The van der Waals surface area contributed by atoms with Crippen LogP contribution < -0.4 is 14.8 Å². The minimum Gasteiger partial charge on any atom is -0.497 e. The van der Waals surface area contributed by atoms with Gasteiger partial charge in [-0.05, 0) is 48.9 Å². The van der Waals surface area contributed by atoms with Gasteiger partial charge in [0.2, 0.25) is 0 Å². The minimum atomic E-state index is -3.85. The molecule has 1 amide bonds. The van der Waals surface area contributed by atoms with Crippen LogP contribution in [0.5, 0.6) is 5.75 Å². The number of aliphatic imine (C=N–C) groups is 1. The molecule has 0 aliphatic carbocycles. The minimum absolute atomic E-state index is 0.0481. The third kappa shape index (κ3) is 4.61. The second-order valence-electron chi connectivity index (χ2n) is 5.80. The molecule has 0 bridgehead atoms. The van der Waals surface area contributed by atoms with Crippen LogP contribution in [0.4, 0.5) is 5.69 Å². The summed E-state index contributed by atoms with van der Waals surface area (Å²) in [6, 6.07) is 11.1. The summed E-state index contributed by atoms with van der Waals surface area (Å²) < 4.78 is 33.2. The lowest BCUT2D eigenvalue weighted by Crippen LogP contribution is -2.27. The number of anilines is 1. The van der Waals surface area contributed by atoms with Crippen LogP contribution in [0.25, 0.3) is 0 Å². The van der Waals surface area contributed by atoms with Crippen molar-refractivity contribution in [3.63, 3.8) is 0 Å². The smallest absolute Gasteiger partial charge is 0.262 e. The van der Waals surface area contributed by atoms with Gasteiger partial charge in [-0.1, -0.05) is 17.8 Å². The van der Waals surface area contributed by atoms with Gasteiger partial charge in [-0.3, -0.25) is 14.5 Å². The molecule has 0 spiro atoms.